The lowest BCUT2D eigenvalue weighted by Crippen LogP contribution is -2.59. The van der Waals surface area contributed by atoms with Gasteiger partial charge in [-0.05, 0) is 52.7 Å². The predicted octanol–water partition coefficient (Wildman–Crippen LogP) is 3.80. The van der Waals surface area contributed by atoms with Crippen molar-refractivity contribution in [3.8, 4) is 11.8 Å². The molecule has 1 fully saturated rings. The number of hydrogen-bond acceptors (Lipinski definition) is 3. The smallest absolute Gasteiger partial charge is 0.179 e. The second-order valence-electron chi connectivity index (χ2n) is 6.66. The van der Waals surface area contributed by atoms with E-state index in [1.54, 1.807) is 46.8 Å². The lowest BCUT2D eigenvalue weighted by molar-refractivity contribution is -0.187. The third-order valence-electron chi connectivity index (χ3n) is 3.97. The molecule has 0 atom stereocenters. The number of ketones is 2. The molecular weight excluding hydrogens is 288 g/mol. The summed E-state index contributed by atoms with van der Waals surface area (Å²) in [5.74, 6) is 4.52. The van der Waals surface area contributed by atoms with E-state index in [-0.39, 0.29) is 11.6 Å². The minimum atomic E-state index is -1.01. The molecule has 23 heavy (non-hydrogen) atoms. The van der Waals surface area contributed by atoms with Crippen molar-refractivity contribution in [2.45, 2.75) is 59.2 Å². The zero-order chi connectivity index (χ0) is 17.8. The van der Waals surface area contributed by atoms with Crippen LogP contribution >= 0.6 is 0 Å². The van der Waals surface area contributed by atoms with Crippen molar-refractivity contribution in [1.29, 1.82) is 0 Å². The van der Waals surface area contributed by atoms with Gasteiger partial charge in [0.15, 0.2) is 11.6 Å². The lowest BCUT2D eigenvalue weighted by atomic mass is 9.73. The van der Waals surface area contributed by atoms with E-state index < -0.39 is 17.1 Å². The van der Waals surface area contributed by atoms with Crippen LogP contribution in [-0.4, -0.2) is 22.8 Å². The summed E-state index contributed by atoms with van der Waals surface area (Å²) in [5, 5.41) is 0. The van der Waals surface area contributed by atoms with E-state index in [4.69, 9.17) is 4.74 Å². The van der Waals surface area contributed by atoms with Gasteiger partial charge in [-0.1, -0.05) is 30.7 Å². The maximum absolute atomic E-state index is 12.8. The minimum absolute atomic E-state index is 0.218. The third kappa shape index (κ3) is 4.09. The number of carbonyl (C=O) groups is 2. The summed E-state index contributed by atoms with van der Waals surface area (Å²) >= 11 is 0. The molecule has 1 saturated heterocycles. The Morgan fingerprint density at radius 3 is 2.17 bits per heavy atom. The Balaban J connectivity index is 3.38. The first-order chi connectivity index (χ1) is 10.6. The fourth-order valence-corrected chi connectivity index (χ4v) is 2.84. The SMILES string of the molecule is C=C/C=C(\C(C)=C/CC#CC)C1C(=O)C(C)(C)OC(C)(C)C1=O. The lowest BCUT2D eigenvalue weighted by Gasteiger charge is -2.43. The molecule has 3 nitrogen and oxygen atoms in total. The van der Waals surface area contributed by atoms with Crippen LogP contribution < -0.4 is 0 Å². The van der Waals surface area contributed by atoms with E-state index >= 15 is 0 Å². The summed E-state index contributed by atoms with van der Waals surface area (Å²) in [5.41, 5.74) is -0.470. The molecular formula is C20H26O3. The Bertz CT molecular complexity index is 608. The van der Waals surface area contributed by atoms with E-state index in [1.807, 2.05) is 13.0 Å². The summed E-state index contributed by atoms with van der Waals surface area (Å²) in [6.07, 6.45) is 5.86. The number of ether oxygens (including phenoxy) is 1. The van der Waals surface area contributed by atoms with Crippen LogP contribution in [0.5, 0.6) is 0 Å². The normalized spacial score (nSPS) is 21.7. The van der Waals surface area contributed by atoms with Gasteiger partial charge in [0.25, 0.3) is 0 Å². The largest absolute Gasteiger partial charge is 0.354 e. The number of hydrogen-bond donors (Lipinski definition) is 0. The first-order valence-electron chi connectivity index (χ1n) is 7.76. The van der Waals surface area contributed by atoms with Crippen molar-refractivity contribution in [2.75, 3.05) is 0 Å². The van der Waals surface area contributed by atoms with Crippen LogP contribution in [0.4, 0.5) is 0 Å². The van der Waals surface area contributed by atoms with E-state index in [1.165, 1.54) is 0 Å². The first kappa shape index (κ1) is 19.1. The monoisotopic (exact) mass is 314 g/mol. The molecule has 0 radical (unpaired) electrons. The standard InChI is InChI=1S/C20H26O3/c1-8-10-11-13-14(3)15(12-9-2)16-17(21)19(4,5)23-20(6,7)18(16)22/h9,12-13,16H,2,11H2,1,3-7H3/b14-13-,15-12+. The molecule has 1 aliphatic rings. The Morgan fingerprint density at radius 2 is 1.74 bits per heavy atom. The molecule has 3 heteroatoms. The highest BCUT2D eigenvalue weighted by atomic mass is 16.5. The number of rotatable bonds is 4. The van der Waals surface area contributed by atoms with Gasteiger partial charge in [0, 0.05) is 6.42 Å². The zero-order valence-electron chi connectivity index (χ0n) is 14.9. The van der Waals surface area contributed by atoms with Gasteiger partial charge in [0.05, 0.1) is 0 Å². The van der Waals surface area contributed by atoms with E-state index in [0.29, 0.717) is 12.0 Å². The van der Waals surface area contributed by atoms with Gasteiger partial charge >= 0.3 is 0 Å². The molecule has 0 amide bonds. The third-order valence-corrected chi connectivity index (χ3v) is 3.97. The number of carbonyl (C=O) groups excluding carboxylic acids is 2. The van der Waals surface area contributed by atoms with Crippen LogP contribution in [0.15, 0.2) is 36.0 Å². The Hall–Kier alpha value is -1.92. The van der Waals surface area contributed by atoms with Crippen molar-refractivity contribution in [2.24, 2.45) is 5.92 Å². The molecule has 0 N–H and O–H groups in total. The van der Waals surface area contributed by atoms with Crippen LogP contribution in [0.1, 0.15) is 48.0 Å². The van der Waals surface area contributed by atoms with Crippen molar-refractivity contribution < 1.29 is 14.3 Å². The summed E-state index contributed by atoms with van der Waals surface area (Å²) in [7, 11) is 0. The average molecular weight is 314 g/mol. The minimum Gasteiger partial charge on any atom is -0.354 e. The van der Waals surface area contributed by atoms with E-state index in [2.05, 4.69) is 18.4 Å². The summed E-state index contributed by atoms with van der Waals surface area (Å²) < 4.78 is 5.73. The van der Waals surface area contributed by atoms with E-state index in [9.17, 15) is 9.59 Å². The van der Waals surface area contributed by atoms with Gasteiger partial charge in [0.2, 0.25) is 0 Å². The molecule has 1 aliphatic heterocycles. The van der Waals surface area contributed by atoms with Crippen LogP contribution in [0, 0.1) is 17.8 Å². The van der Waals surface area contributed by atoms with Crippen LogP contribution in [0.2, 0.25) is 0 Å². The Morgan fingerprint density at radius 1 is 1.22 bits per heavy atom. The first-order valence-corrected chi connectivity index (χ1v) is 7.76. The molecule has 0 unspecified atom stereocenters. The predicted molar refractivity (Wildman–Crippen MR) is 92.9 cm³/mol. The van der Waals surface area contributed by atoms with Crippen molar-refractivity contribution >= 4 is 11.6 Å². The second-order valence-corrected chi connectivity index (χ2v) is 6.66. The molecule has 0 aromatic rings. The molecule has 0 saturated carbocycles. The summed E-state index contributed by atoms with van der Waals surface area (Å²) in [6, 6.07) is 0. The highest BCUT2D eigenvalue weighted by molar-refractivity contribution is 6.13. The number of Topliss-reactive ketones (excluding diaryl/α,β-unsaturated/α-hetero) is 2. The topological polar surface area (TPSA) is 43.4 Å². The van der Waals surface area contributed by atoms with Crippen molar-refractivity contribution in [3.63, 3.8) is 0 Å². The number of allylic oxidation sites excluding steroid dienone is 5. The quantitative estimate of drug-likeness (QED) is 0.450. The van der Waals surface area contributed by atoms with Crippen molar-refractivity contribution in [3.05, 3.63) is 36.0 Å². The van der Waals surface area contributed by atoms with Crippen LogP contribution in [0.3, 0.4) is 0 Å². The van der Waals surface area contributed by atoms with Crippen molar-refractivity contribution in [1.82, 2.24) is 0 Å². The van der Waals surface area contributed by atoms with Gasteiger partial charge in [-0.15, -0.1) is 5.92 Å². The summed E-state index contributed by atoms with van der Waals surface area (Å²) in [6.45, 7) is 14.2. The van der Waals surface area contributed by atoms with Gasteiger partial charge < -0.3 is 4.74 Å². The molecule has 0 aromatic heterocycles. The molecule has 124 valence electrons. The molecule has 0 spiro atoms. The molecule has 1 heterocycles. The summed E-state index contributed by atoms with van der Waals surface area (Å²) in [4.78, 5) is 25.6. The van der Waals surface area contributed by atoms with Crippen LogP contribution in [0.25, 0.3) is 0 Å². The molecule has 1 rings (SSSR count). The van der Waals surface area contributed by atoms with Gasteiger partial charge in [0.1, 0.15) is 17.1 Å². The molecule has 0 aromatic carbocycles. The fourth-order valence-electron chi connectivity index (χ4n) is 2.84. The van der Waals surface area contributed by atoms with Gasteiger partial charge in [-0.2, -0.15) is 0 Å². The average Bonchev–Trinajstić information content (AvgIpc) is 2.44. The Kier molecular flexibility index (Phi) is 5.91. The molecule has 0 bridgehead atoms. The Labute approximate surface area is 139 Å². The fraction of sp³-hybridized carbons (Fsp3) is 0.500. The zero-order valence-corrected chi connectivity index (χ0v) is 14.9. The molecule has 0 aliphatic carbocycles. The van der Waals surface area contributed by atoms with Crippen LogP contribution in [-0.2, 0) is 14.3 Å². The van der Waals surface area contributed by atoms with Gasteiger partial charge in [-0.25, -0.2) is 0 Å². The second kappa shape index (κ2) is 7.10. The maximum Gasteiger partial charge on any atom is 0.179 e. The highest BCUT2D eigenvalue weighted by Gasteiger charge is 2.53. The van der Waals surface area contributed by atoms with E-state index in [0.717, 1.165) is 5.57 Å². The maximum atomic E-state index is 12.8. The highest BCUT2D eigenvalue weighted by Crippen LogP contribution is 2.38. The van der Waals surface area contributed by atoms with Gasteiger partial charge in [-0.3, -0.25) is 9.59 Å².